The van der Waals surface area contributed by atoms with Crippen LogP contribution < -0.4 is 4.74 Å². The van der Waals surface area contributed by atoms with Crippen molar-refractivity contribution in [2.75, 3.05) is 33.4 Å². The van der Waals surface area contributed by atoms with Crippen LogP contribution in [0.2, 0.25) is 0 Å². The SMILES string of the molecule is CCOCC1CCCN(Cc2ccc(OC)s2)C1. The minimum atomic E-state index is 0.709. The summed E-state index contributed by atoms with van der Waals surface area (Å²) in [5, 5.41) is 1.01. The van der Waals surface area contributed by atoms with E-state index < -0.39 is 0 Å². The van der Waals surface area contributed by atoms with Gasteiger partial charge in [-0.1, -0.05) is 0 Å². The van der Waals surface area contributed by atoms with Crippen molar-refractivity contribution >= 4 is 11.3 Å². The van der Waals surface area contributed by atoms with E-state index in [1.54, 1.807) is 18.4 Å². The lowest BCUT2D eigenvalue weighted by molar-refractivity contribution is 0.0650. The largest absolute Gasteiger partial charge is 0.487 e. The van der Waals surface area contributed by atoms with Crippen LogP contribution in [0, 0.1) is 5.92 Å². The molecule has 1 unspecified atom stereocenters. The number of ether oxygens (including phenoxy) is 2. The van der Waals surface area contributed by atoms with Crippen LogP contribution in [0.4, 0.5) is 0 Å². The first kappa shape index (κ1) is 13.8. The van der Waals surface area contributed by atoms with Crippen LogP contribution in [0.1, 0.15) is 24.6 Å². The maximum absolute atomic E-state index is 5.55. The molecule has 2 heterocycles. The molecule has 18 heavy (non-hydrogen) atoms. The molecular formula is C14H23NO2S. The predicted molar refractivity (Wildman–Crippen MR) is 75.4 cm³/mol. The molecule has 3 nitrogen and oxygen atoms in total. The second-order valence-electron chi connectivity index (χ2n) is 4.83. The normalized spacial score (nSPS) is 21.1. The smallest absolute Gasteiger partial charge is 0.173 e. The number of methoxy groups -OCH3 is 1. The Morgan fingerprint density at radius 3 is 3.06 bits per heavy atom. The number of likely N-dealkylation sites (tertiary alicyclic amines) is 1. The van der Waals surface area contributed by atoms with Crippen molar-refractivity contribution in [1.82, 2.24) is 4.90 Å². The lowest BCUT2D eigenvalue weighted by Gasteiger charge is -2.32. The van der Waals surface area contributed by atoms with Crippen LogP contribution in [0.5, 0.6) is 5.06 Å². The first-order chi connectivity index (χ1) is 8.81. The molecule has 1 atom stereocenters. The Morgan fingerprint density at radius 2 is 2.33 bits per heavy atom. The Bertz CT molecular complexity index is 353. The zero-order valence-electron chi connectivity index (χ0n) is 11.4. The molecule has 0 N–H and O–H groups in total. The van der Waals surface area contributed by atoms with Gasteiger partial charge in [0.25, 0.3) is 0 Å². The maximum atomic E-state index is 5.55. The molecule has 1 aromatic heterocycles. The summed E-state index contributed by atoms with van der Waals surface area (Å²) >= 11 is 1.75. The topological polar surface area (TPSA) is 21.7 Å². The standard InChI is InChI=1S/C14H23NO2S/c1-3-17-11-12-5-4-8-15(9-12)10-13-6-7-14(16-2)18-13/h6-7,12H,3-5,8-11H2,1-2H3. The van der Waals surface area contributed by atoms with Crippen LogP contribution in [0.3, 0.4) is 0 Å². The first-order valence-corrected chi connectivity index (χ1v) is 7.56. The Hall–Kier alpha value is -0.580. The van der Waals surface area contributed by atoms with E-state index in [1.807, 2.05) is 0 Å². The molecule has 1 aromatic rings. The first-order valence-electron chi connectivity index (χ1n) is 6.74. The third-order valence-corrected chi connectivity index (χ3v) is 4.41. The minimum Gasteiger partial charge on any atom is -0.487 e. The van der Waals surface area contributed by atoms with Gasteiger partial charge in [0, 0.05) is 24.6 Å². The molecule has 1 aliphatic heterocycles. The Kier molecular flexibility index (Phi) is 5.47. The fraction of sp³-hybridized carbons (Fsp3) is 0.714. The summed E-state index contributed by atoms with van der Waals surface area (Å²) in [5.41, 5.74) is 0. The number of thiophene rings is 1. The van der Waals surface area contributed by atoms with Gasteiger partial charge in [0.1, 0.15) is 0 Å². The molecule has 0 spiro atoms. The van der Waals surface area contributed by atoms with E-state index in [-0.39, 0.29) is 0 Å². The van der Waals surface area contributed by atoms with E-state index in [4.69, 9.17) is 9.47 Å². The predicted octanol–water partition coefficient (Wildman–Crippen LogP) is 3.01. The molecule has 0 aliphatic carbocycles. The van der Waals surface area contributed by atoms with Gasteiger partial charge in [-0.2, -0.15) is 0 Å². The number of hydrogen-bond donors (Lipinski definition) is 0. The second-order valence-corrected chi connectivity index (χ2v) is 5.96. The highest BCUT2D eigenvalue weighted by Gasteiger charge is 2.20. The number of nitrogens with zero attached hydrogens (tertiary/aromatic N) is 1. The number of rotatable bonds is 6. The van der Waals surface area contributed by atoms with Gasteiger partial charge in [-0.05, 0) is 44.4 Å². The quantitative estimate of drug-likeness (QED) is 0.792. The highest BCUT2D eigenvalue weighted by Crippen LogP contribution is 2.26. The summed E-state index contributed by atoms with van der Waals surface area (Å²) in [7, 11) is 1.73. The zero-order valence-corrected chi connectivity index (χ0v) is 12.2. The van der Waals surface area contributed by atoms with Gasteiger partial charge in [0.2, 0.25) is 0 Å². The molecule has 0 bridgehead atoms. The third-order valence-electron chi connectivity index (χ3n) is 3.38. The van der Waals surface area contributed by atoms with Crippen molar-refractivity contribution in [3.8, 4) is 5.06 Å². The van der Waals surface area contributed by atoms with Gasteiger partial charge >= 0.3 is 0 Å². The Morgan fingerprint density at radius 1 is 1.44 bits per heavy atom. The maximum Gasteiger partial charge on any atom is 0.173 e. The van der Waals surface area contributed by atoms with Crippen molar-refractivity contribution in [2.24, 2.45) is 5.92 Å². The molecule has 1 saturated heterocycles. The molecule has 1 aliphatic rings. The van der Waals surface area contributed by atoms with E-state index in [1.165, 1.54) is 30.8 Å². The fourth-order valence-electron chi connectivity index (χ4n) is 2.49. The van der Waals surface area contributed by atoms with Crippen molar-refractivity contribution in [3.63, 3.8) is 0 Å². The molecule has 2 rings (SSSR count). The molecular weight excluding hydrogens is 246 g/mol. The van der Waals surface area contributed by atoms with Crippen LogP contribution in [-0.2, 0) is 11.3 Å². The average Bonchev–Trinajstić information content (AvgIpc) is 2.84. The van der Waals surface area contributed by atoms with Gasteiger partial charge in [0.05, 0.1) is 13.7 Å². The monoisotopic (exact) mass is 269 g/mol. The summed E-state index contributed by atoms with van der Waals surface area (Å²) in [5.74, 6) is 0.709. The molecule has 0 saturated carbocycles. The average molecular weight is 269 g/mol. The molecule has 0 aromatic carbocycles. The van der Waals surface area contributed by atoms with Crippen molar-refractivity contribution in [2.45, 2.75) is 26.3 Å². The van der Waals surface area contributed by atoms with Crippen LogP contribution >= 0.6 is 11.3 Å². The minimum absolute atomic E-state index is 0.709. The summed E-state index contributed by atoms with van der Waals surface area (Å²) in [4.78, 5) is 3.93. The lowest BCUT2D eigenvalue weighted by atomic mass is 9.99. The lowest BCUT2D eigenvalue weighted by Crippen LogP contribution is -2.36. The summed E-state index contributed by atoms with van der Waals surface area (Å²) in [6, 6.07) is 4.23. The molecule has 4 heteroatoms. The molecule has 1 fully saturated rings. The molecule has 0 radical (unpaired) electrons. The van der Waals surface area contributed by atoms with Gasteiger partial charge < -0.3 is 9.47 Å². The molecule has 0 amide bonds. The summed E-state index contributed by atoms with van der Waals surface area (Å²) < 4.78 is 10.8. The van der Waals surface area contributed by atoms with E-state index in [2.05, 4.69) is 24.0 Å². The number of piperidine rings is 1. The van der Waals surface area contributed by atoms with Crippen molar-refractivity contribution < 1.29 is 9.47 Å². The third kappa shape index (κ3) is 3.97. The second kappa shape index (κ2) is 7.12. The fourth-order valence-corrected chi connectivity index (χ4v) is 3.35. The zero-order chi connectivity index (χ0) is 12.8. The van der Waals surface area contributed by atoms with Gasteiger partial charge in [-0.15, -0.1) is 11.3 Å². The highest BCUT2D eigenvalue weighted by atomic mass is 32.1. The van der Waals surface area contributed by atoms with Crippen LogP contribution in [0.25, 0.3) is 0 Å². The van der Waals surface area contributed by atoms with Gasteiger partial charge in [0.15, 0.2) is 5.06 Å². The highest BCUT2D eigenvalue weighted by molar-refractivity contribution is 7.13. The van der Waals surface area contributed by atoms with E-state index in [9.17, 15) is 0 Å². The van der Waals surface area contributed by atoms with Gasteiger partial charge in [-0.25, -0.2) is 0 Å². The van der Waals surface area contributed by atoms with Crippen molar-refractivity contribution in [3.05, 3.63) is 17.0 Å². The van der Waals surface area contributed by atoms with E-state index >= 15 is 0 Å². The van der Waals surface area contributed by atoms with Crippen LogP contribution in [-0.4, -0.2) is 38.3 Å². The molecule has 102 valence electrons. The van der Waals surface area contributed by atoms with Gasteiger partial charge in [-0.3, -0.25) is 4.90 Å². The summed E-state index contributed by atoms with van der Waals surface area (Å²) in [6.07, 6.45) is 2.60. The Balaban J connectivity index is 1.81. The van der Waals surface area contributed by atoms with Crippen LogP contribution in [0.15, 0.2) is 12.1 Å². The summed E-state index contributed by atoms with van der Waals surface area (Å²) in [6.45, 7) is 7.25. The van der Waals surface area contributed by atoms with Crippen molar-refractivity contribution in [1.29, 1.82) is 0 Å². The number of hydrogen-bond acceptors (Lipinski definition) is 4. The van der Waals surface area contributed by atoms with E-state index in [0.717, 1.165) is 24.8 Å². The Labute approximate surface area is 114 Å². The van der Waals surface area contributed by atoms with E-state index in [0.29, 0.717) is 5.92 Å².